The van der Waals surface area contributed by atoms with E-state index in [4.69, 9.17) is 5.73 Å². The first-order valence-corrected chi connectivity index (χ1v) is 7.03. The van der Waals surface area contributed by atoms with Crippen LogP contribution in [0, 0.1) is 0 Å². The van der Waals surface area contributed by atoms with Crippen molar-refractivity contribution in [1.82, 2.24) is 9.88 Å². The van der Waals surface area contributed by atoms with Crippen LogP contribution in [0.3, 0.4) is 0 Å². The fraction of sp³-hybridized carbons (Fsp3) is 0.375. The normalized spacial score (nSPS) is 10.7. The first-order valence-electron chi connectivity index (χ1n) is 7.03. The Labute approximate surface area is 119 Å². The number of nitrogens with two attached hydrogens (primary N) is 1. The van der Waals surface area contributed by atoms with Crippen LogP contribution >= 0.6 is 0 Å². The Morgan fingerprint density at radius 2 is 2.00 bits per heavy atom. The zero-order valence-corrected chi connectivity index (χ0v) is 11.9. The summed E-state index contributed by atoms with van der Waals surface area (Å²) in [6.45, 7) is 1.47. The maximum absolute atomic E-state index is 12.5. The van der Waals surface area contributed by atoms with Crippen LogP contribution in [0.4, 0.5) is 0 Å². The second kappa shape index (κ2) is 7.01. The number of carbonyl (C=O) groups excluding carboxylic acids is 1. The average molecular weight is 271 g/mol. The maximum atomic E-state index is 12.5. The molecule has 0 aliphatic rings. The van der Waals surface area contributed by atoms with Gasteiger partial charge in [0.2, 0.25) is 0 Å². The smallest absolute Gasteiger partial charge is 0.255 e. The van der Waals surface area contributed by atoms with Gasteiger partial charge in [-0.1, -0.05) is 24.6 Å². The summed E-state index contributed by atoms with van der Waals surface area (Å²) in [6.07, 6.45) is 4.78. The van der Waals surface area contributed by atoms with Gasteiger partial charge < -0.3 is 10.6 Å². The molecule has 0 saturated heterocycles. The monoisotopic (exact) mass is 271 g/mol. The number of nitrogens with zero attached hydrogens (tertiary/aromatic N) is 2. The first-order chi connectivity index (χ1) is 9.74. The van der Waals surface area contributed by atoms with E-state index in [2.05, 4.69) is 4.98 Å². The highest BCUT2D eigenvalue weighted by atomic mass is 16.2. The van der Waals surface area contributed by atoms with Gasteiger partial charge in [0, 0.05) is 25.2 Å². The number of amides is 1. The summed E-state index contributed by atoms with van der Waals surface area (Å²) in [5.74, 6) is 0.0297. The van der Waals surface area contributed by atoms with Gasteiger partial charge in [-0.3, -0.25) is 9.78 Å². The fourth-order valence-electron chi connectivity index (χ4n) is 2.25. The lowest BCUT2D eigenvalue weighted by molar-refractivity contribution is 0.0794. The second-order valence-corrected chi connectivity index (χ2v) is 4.96. The van der Waals surface area contributed by atoms with E-state index in [1.807, 2.05) is 37.4 Å². The minimum absolute atomic E-state index is 0.0297. The van der Waals surface area contributed by atoms with Gasteiger partial charge in [0.05, 0.1) is 11.1 Å². The third-order valence-electron chi connectivity index (χ3n) is 3.41. The SMILES string of the molecule is CN(CCCCCN)C(=O)c1cccc2cccnc12. The summed E-state index contributed by atoms with van der Waals surface area (Å²) in [4.78, 5) is 18.6. The Balaban J connectivity index is 2.10. The lowest BCUT2D eigenvalue weighted by Gasteiger charge is -2.17. The first kappa shape index (κ1) is 14.5. The maximum Gasteiger partial charge on any atom is 0.255 e. The topological polar surface area (TPSA) is 59.2 Å². The second-order valence-electron chi connectivity index (χ2n) is 4.96. The van der Waals surface area contributed by atoms with Crippen molar-refractivity contribution in [2.24, 2.45) is 5.73 Å². The van der Waals surface area contributed by atoms with Gasteiger partial charge in [-0.2, -0.15) is 0 Å². The minimum Gasteiger partial charge on any atom is -0.342 e. The highest BCUT2D eigenvalue weighted by Crippen LogP contribution is 2.17. The van der Waals surface area contributed by atoms with Crippen LogP contribution in [0.5, 0.6) is 0 Å². The van der Waals surface area contributed by atoms with Crippen molar-refractivity contribution in [3.05, 3.63) is 42.1 Å². The molecule has 0 radical (unpaired) electrons. The molecule has 2 rings (SSSR count). The quantitative estimate of drug-likeness (QED) is 0.821. The molecular weight excluding hydrogens is 250 g/mol. The number of pyridine rings is 1. The zero-order chi connectivity index (χ0) is 14.4. The molecule has 0 aliphatic heterocycles. The van der Waals surface area contributed by atoms with E-state index in [1.165, 1.54) is 0 Å². The molecule has 0 saturated carbocycles. The number of carbonyl (C=O) groups is 1. The van der Waals surface area contributed by atoms with Crippen LogP contribution < -0.4 is 5.73 Å². The third kappa shape index (κ3) is 3.33. The molecule has 0 fully saturated rings. The van der Waals surface area contributed by atoms with Gasteiger partial charge in [-0.25, -0.2) is 0 Å². The summed E-state index contributed by atoms with van der Waals surface area (Å²) in [5.41, 5.74) is 6.91. The van der Waals surface area contributed by atoms with Crippen molar-refractivity contribution >= 4 is 16.8 Å². The minimum atomic E-state index is 0.0297. The molecule has 4 nitrogen and oxygen atoms in total. The molecule has 0 unspecified atom stereocenters. The van der Waals surface area contributed by atoms with Crippen molar-refractivity contribution in [3.8, 4) is 0 Å². The van der Waals surface area contributed by atoms with Crippen LogP contribution in [-0.4, -0.2) is 35.9 Å². The van der Waals surface area contributed by atoms with Crippen LogP contribution in [-0.2, 0) is 0 Å². The Bertz CT molecular complexity index is 577. The number of para-hydroxylation sites is 1. The number of unbranched alkanes of at least 4 members (excludes halogenated alkanes) is 2. The molecule has 1 aromatic carbocycles. The van der Waals surface area contributed by atoms with E-state index in [0.29, 0.717) is 12.1 Å². The fourth-order valence-corrected chi connectivity index (χ4v) is 2.25. The van der Waals surface area contributed by atoms with E-state index in [0.717, 1.165) is 36.7 Å². The van der Waals surface area contributed by atoms with Crippen molar-refractivity contribution in [2.45, 2.75) is 19.3 Å². The molecule has 2 N–H and O–H groups in total. The molecule has 0 spiro atoms. The Hall–Kier alpha value is -1.94. The molecule has 20 heavy (non-hydrogen) atoms. The van der Waals surface area contributed by atoms with Gasteiger partial charge in [-0.15, -0.1) is 0 Å². The number of hydrogen-bond acceptors (Lipinski definition) is 3. The zero-order valence-electron chi connectivity index (χ0n) is 11.9. The molecule has 106 valence electrons. The predicted molar refractivity (Wildman–Crippen MR) is 81.6 cm³/mol. The number of benzene rings is 1. The largest absolute Gasteiger partial charge is 0.342 e. The van der Waals surface area contributed by atoms with Gasteiger partial charge in [-0.05, 0) is 31.5 Å². The molecule has 0 aliphatic carbocycles. The number of hydrogen-bond donors (Lipinski definition) is 1. The lowest BCUT2D eigenvalue weighted by Crippen LogP contribution is -2.28. The van der Waals surface area contributed by atoms with E-state index in [1.54, 1.807) is 11.1 Å². The predicted octanol–water partition coefficient (Wildman–Crippen LogP) is 2.44. The van der Waals surface area contributed by atoms with Gasteiger partial charge in [0.1, 0.15) is 0 Å². The van der Waals surface area contributed by atoms with Gasteiger partial charge in [0.25, 0.3) is 5.91 Å². The average Bonchev–Trinajstić information content (AvgIpc) is 2.50. The standard InChI is InChI=1S/C16H21N3O/c1-19(12-4-2-3-10-17)16(20)14-9-5-7-13-8-6-11-18-15(13)14/h5-9,11H,2-4,10,12,17H2,1H3. The highest BCUT2D eigenvalue weighted by molar-refractivity contribution is 6.05. The van der Waals surface area contributed by atoms with Crippen molar-refractivity contribution in [3.63, 3.8) is 0 Å². The van der Waals surface area contributed by atoms with Crippen molar-refractivity contribution < 1.29 is 4.79 Å². The molecule has 1 heterocycles. The molecular formula is C16H21N3O. The summed E-state index contributed by atoms with van der Waals surface area (Å²) < 4.78 is 0. The van der Waals surface area contributed by atoms with Crippen LogP contribution in [0.25, 0.3) is 10.9 Å². The van der Waals surface area contributed by atoms with Crippen LogP contribution in [0.2, 0.25) is 0 Å². The molecule has 0 atom stereocenters. The third-order valence-corrected chi connectivity index (χ3v) is 3.41. The van der Waals surface area contributed by atoms with Crippen LogP contribution in [0.1, 0.15) is 29.6 Å². The van der Waals surface area contributed by atoms with Crippen LogP contribution in [0.15, 0.2) is 36.5 Å². The van der Waals surface area contributed by atoms with E-state index in [9.17, 15) is 4.79 Å². The molecule has 1 aromatic heterocycles. The van der Waals surface area contributed by atoms with E-state index >= 15 is 0 Å². The Kier molecular flexibility index (Phi) is 5.07. The summed E-state index contributed by atoms with van der Waals surface area (Å²) >= 11 is 0. The molecule has 0 bridgehead atoms. The van der Waals surface area contributed by atoms with E-state index < -0.39 is 0 Å². The Morgan fingerprint density at radius 1 is 1.20 bits per heavy atom. The number of rotatable bonds is 6. The summed E-state index contributed by atoms with van der Waals surface area (Å²) in [7, 11) is 1.84. The van der Waals surface area contributed by atoms with E-state index in [-0.39, 0.29) is 5.91 Å². The molecule has 4 heteroatoms. The van der Waals surface area contributed by atoms with Crippen molar-refractivity contribution in [2.75, 3.05) is 20.1 Å². The highest BCUT2D eigenvalue weighted by Gasteiger charge is 2.14. The molecule has 1 amide bonds. The molecule has 2 aromatic rings. The lowest BCUT2D eigenvalue weighted by atomic mass is 10.1. The Morgan fingerprint density at radius 3 is 2.80 bits per heavy atom. The number of fused-ring (bicyclic) bond motifs is 1. The van der Waals surface area contributed by atoms with Gasteiger partial charge >= 0.3 is 0 Å². The summed E-state index contributed by atoms with van der Waals surface area (Å²) in [5, 5.41) is 0.995. The number of aromatic nitrogens is 1. The van der Waals surface area contributed by atoms with Gasteiger partial charge in [0.15, 0.2) is 0 Å². The summed E-state index contributed by atoms with van der Waals surface area (Å²) in [6, 6.07) is 9.57. The van der Waals surface area contributed by atoms with Crippen molar-refractivity contribution in [1.29, 1.82) is 0 Å².